The Balaban J connectivity index is 1.63. The van der Waals surface area contributed by atoms with Crippen molar-refractivity contribution in [1.82, 2.24) is 4.98 Å². The van der Waals surface area contributed by atoms with Crippen molar-refractivity contribution in [1.29, 1.82) is 5.26 Å². The number of nitrogens with zero attached hydrogens (tertiary/aromatic N) is 2. The molecule has 2 aromatic carbocycles. The maximum absolute atomic E-state index is 12.4. The molecule has 1 amide bonds. The summed E-state index contributed by atoms with van der Waals surface area (Å²) in [6.45, 7) is 6.42. The summed E-state index contributed by atoms with van der Waals surface area (Å²) in [5.74, 6) is 0.479. The number of hydrogen-bond donors (Lipinski definition) is 2. The van der Waals surface area contributed by atoms with Gasteiger partial charge in [-0.05, 0) is 59.5 Å². The van der Waals surface area contributed by atoms with Gasteiger partial charge in [-0.3, -0.25) is 4.79 Å². The van der Waals surface area contributed by atoms with Gasteiger partial charge >= 0.3 is 0 Å². The van der Waals surface area contributed by atoms with Gasteiger partial charge in [0.05, 0.1) is 23.5 Å². The van der Waals surface area contributed by atoms with Crippen LogP contribution in [-0.2, 0) is 5.41 Å². The number of pyridine rings is 1. The molecule has 1 aromatic heterocycles. The third-order valence-electron chi connectivity index (χ3n) is 4.32. The molecule has 140 valence electrons. The van der Waals surface area contributed by atoms with Gasteiger partial charge in [-0.15, -0.1) is 0 Å². The van der Waals surface area contributed by atoms with E-state index < -0.39 is 0 Å². The zero-order valence-corrected chi connectivity index (χ0v) is 16.2. The lowest BCUT2D eigenvalue weighted by Gasteiger charge is -2.19. The first-order chi connectivity index (χ1) is 13.3. The van der Waals surface area contributed by atoms with Gasteiger partial charge in [0.25, 0.3) is 5.91 Å². The van der Waals surface area contributed by atoms with Crippen molar-refractivity contribution in [2.24, 2.45) is 0 Å². The van der Waals surface area contributed by atoms with Crippen LogP contribution in [0, 0.1) is 11.3 Å². The Morgan fingerprint density at radius 2 is 1.57 bits per heavy atom. The number of nitriles is 1. The van der Waals surface area contributed by atoms with E-state index in [9.17, 15) is 4.79 Å². The monoisotopic (exact) mass is 370 g/mol. The maximum atomic E-state index is 12.4. The predicted octanol–water partition coefficient (Wildman–Crippen LogP) is 5.25. The number of anilines is 3. The minimum atomic E-state index is -0.171. The van der Waals surface area contributed by atoms with Crippen molar-refractivity contribution in [2.75, 3.05) is 10.6 Å². The Bertz CT molecular complexity index is 993. The molecule has 0 aliphatic heterocycles. The molecular formula is C23H22N4O. The summed E-state index contributed by atoms with van der Waals surface area (Å²) in [6, 6.07) is 20.4. The largest absolute Gasteiger partial charge is 0.340 e. The van der Waals surface area contributed by atoms with Crippen LogP contribution >= 0.6 is 0 Å². The van der Waals surface area contributed by atoms with Gasteiger partial charge in [-0.2, -0.15) is 5.26 Å². The van der Waals surface area contributed by atoms with Crippen molar-refractivity contribution in [3.05, 3.63) is 83.6 Å². The van der Waals surface area contributed by atoms with E-state index in [1.807, 2.05) is 36.4 Å². The second-order valence-corrected chi connectivity index (χ2v) is 7.53. The molecule has 0 fully saturated rings. The molecule has 3 rings (SSSR count). The van der Waals surface area contributed by atoms with Crippen LogP contribution in [0.3, 0.4) is 0 Å². The fourth-order valence-corrected chi connectivity index (χ4v) is 2.64. The molecule has 0 unspecified atom stereocenters. The van der Waals surface area contributed by atoms with E-state index in [2.05, 4.69) is 42.5 Å². The molecule has 28 heavy (non-hydrogen) atoms. The first-order valence-electron chi connectivity index (χ1n) is 9.00. The molecule has 5 nitrogen and oxygen atoms in total. The van der Waals surface area contributed by atoms with Crippen molar-refractivity contribution < 1.29 is 4.79 Å². The molecule has 0 bridgehead atoms. The summed E-state index contributed by atoms with van der Waals surface area (Å²) in [6.07, 6.45) is 1.60. The van der Waals surface area contributed by atoms with Crippen LogP contribution < -0.4 is 10.6 Å². The SMILES string of the molecule is CC(C)(C)c1ccc(C(=O)Nc2ccc(Nc3ccc(C#N)cc3)nc2)cc1. The third kappa shape index (κ3) is 4.74. The number of amides is 1. The Morgan fingerprint density at radius 1 is 0.929 bits per heavy atom. The number of aromatic nitrogens is 1. The topological polar surface area (TPSA) is 77.8 Å². The molecular weight excluding hydrogens is 348 g/mol. The number of nitrogens with one attached hydrogen (secondary N) is 2. The molecule has 1 heterocycles. The van der Waals surface area contributed by atoms with Gasteiger partial charge in [0.15, 0.2) is 0 Å². The third-order valence-corrected chi connectivity index (χ3v) is 4.32. The molecule has 2 N–H and O–H groups in total. The molecule has 0 saturated heterocycles. The Hall–Kier alpha value is -3.65. The van der Waals surface area contributed by atoms with Crippen LogP contribution in [0.4, 0.5) is 17.2 Å². The van der Waals surface area contributed by atoms with E-state index in [0.29, 0.717) is 22.6 Å². The van der Waals surface area contributed by atoms with E-state index in [4.69, 9.17) is 5.26 Å². The summed E-state index contributed by atoms with van der Waals surface area (Å²) in [5.41, 5.74) is 3.90. The summed E-state index contributed by atoms with van der Waals surface area (Å²) >= 11 is 0. The number of carbonyl (C=O) groups is 1. The highest BCUT2D eigenvalue weighted by Crippen LogP contribution is 2.22. The van der Waals surface area contributed by atoms with Crippen LogP contribution in [0.2, 0.25) is 0 Å². The second kappa shape index (κ2) is 7.93. The van der Waals surface area contributed by atoms with Crippen molar-refractivity contribution >= 4 is 23.1 Å². The molecule has 3 aromatic rings. The van der Waals surface area contributed by atoms with Gasteiger partial charge in [-0.25, -0.2) is 4.98 Å². The number of carbonyl (C=O) groups excluding carboxylic acids is 1. The Kier molecular flexibility index (Phi) is 5.42. The van der Waals surface area contributed by atoms with Crippen LogP contribution in [0.15, 0.2) is 66.9 Å². The fourth-order valence-electron chi connectivity index (χ4n) is 2.64. The molecule has 0 aliphatic rings. The molecule has 0 aliphatic carbocycles. The first-order valence-corrected chi connectivity index (χ1v) is 9.00. The van der Waals surface area contributed by atoms with Crippen LogP contribution in [0.1, 0.15) is 42.3 Å². The highest BCUT2D eigenvalue weighted by molar-refractivity contribution is 6.04. The van der Waals surface area contributed by atoms with E-state index in [-0.39, 0.29) is 11.3 Å². The van der Waals surface area contributed by atoms with E-state index in [1.54, 1.807) is 30.5 Å². The average Bonchev–Trinajstić information content (AvgIpc) is 2.69. The highest BCUT2D eigenvalue weighted by Gasteiger charge is 2.14. The summed E-state index contributed by atoms with van der Waals surface area (Å²) in [5, 5.41) is 14.8. The van der Waals surface area contributed by atoms with Gasteiger partial charge in [0.1, 0.15) is 5.82 Å². The molecule has 0 atom stereocenters. The van der Waals surface area contributed by atoms with Crippen molar-refractivity contribution in [3.8, 4) is 6.07 Å². The predicted molar refractivity (Wildman–Crippen MR) is 112 cm³/mol. The Labute approximate surface area is 165 Å². The first kappa shape index (κ1) is 19.1. The Morgan fingerprint density at radius 3 is 2.11 bits per heavy atom. The summed E-state index contributed by atoms with van der Waals surface area (Å²) < 4.78 is 0. The number of hydrogen-bond acceptors (Lipinski definition) is 4. The van der Waals surface area contributed by atoms with Crippen LogP contribution in [0.5, 0.6) is 0 Å². The zero-order valence-electron chi connectivity index (χ0n) is 16.2. The second-order valence-electron chi connectivity index (χ2n) is 7.53. The lowest BCUT2D eigenvalue weighted by atomic mass is 9.87. The summed E-state index contributed by atoms with van der Waals surface area (Å²) in [4.78, 5) is 16.7. The summed E-state index contributed by atoms with van der Waals surface area (Å²) in [7, 11) is 0. The highest BCUT2D eigenvalue weighted by atomic mass is 16.1. The van der Waals surface area contributed by atoms with Gasteiger partial charge in [0.2, 0.25) is 0 Å². The lowest BCUT2D eigenvalue weighted by Crippen LogP contribution is -2.14. The minimum Gasteiger partial charge on any atom is -0.340 e. The normalized spacial score (nSPS) is 10.8. The van der Waals surface area contributed by atoms with E-state index >= 15 is 0 Å². The van der Waals surface area contributed by atoms with E-state index in [0.717, 1.165) is 5.69 Å². The quantitative estimate of drug-likeness (QED) is 0.658. The maximum Gasteiger partial charge on any atom is 0.255 e. The van der Waals surface area contributed by atoms with Crippen molar-refractivity contribution in [3.63, 3.8) is 0 Å². The van der Waals surface area contributed by atoms with Gasteiger partial charge in [0, 0.05) is 11.3 Å². The average molecular weight is 370 g/mol. The fraction of sp³-hybridized carbons (Fsp3) is 0.174. The van der Waals surface area contributed by atoms with Gasteiger partial charge in [-0.1, -0.05) is 32.9 Å². The molecule has 0 radical (unpaired) electrons. The smallest absolute Gasteiger partial charge is 0.255 e. The van der Waals surface area contributed by atoms with Gasteiger partial charge < -0.3 is 10.6 Å². The van der Waals surface area contributed by atoms with Crippen molar-refractivity contribution in [2.45, 2.75) is 26.2 Å². The minimum absolute atomic E-state index is 0.0523. The lowest BCUT2D eigenvalue weighted by molar-refractivity contribution is 0.102. The van der Waals surface area contributed by atoms with Crippen LogP contribution in [-0.4, -0.2) is 10.9 Å². The standard InChI is InChI=1S/C23H22N4O/c1-23(2,3)18-8-6-17(7-9-18)22(28)27-20-12-13-21(25-15-20)26-19-10-4-16(14-24)5-11-19/h4-13,15H,1-3H3,(H,25,26)(H,27,28). The number of rotatable bonds is 4. The zero-order chi connectivity index (χ0) is 20.1. The molecule has 0 saturated carbocycles. The van der Waals surface area contributed by atoms with E-state index in [1.165, 1.54) is 5.56 Å². The van der Waals surface area contributed by atoms with Crippen LogP contribution in [0.25, 0.3) is 0 Å². The number of benzene rings is 2. The molecule has 5 heteroatoms. The molecule has 0 spiro atoms.